The number of benzene rings is 2. The minimum absolute atomic E-state index is 0.142. The maximum Gasteiger partial charge on any atom is 0.266 e. The Balaban J connectivity index is 1.69. The van der Waals surface area contributed by atoms with Crippen LogP contribution >= 0.6 is 11.3 Å². The molecule has 0 saturated heterocycles. The number of para-hydroxylation sites is 2. The number of methoxy groups -OCH3 is 1. The summed E-state index contributed by atoms with van der Waals surface area (Å²) in [5, 5.41) is 13.4. The summed E-state index contributed by atoms with van der Waals surface area (Å²) in [5.41, 5.74) is 4.25. The summed E-state index contributed by atoms with van der Waals surface area (Å²) in [4.78, 5) is 13.4. The van der Waals surface area contributed by atoms with Gasteiger partial charge in [-0.2, -0.15) is 5.10 Å². The maximum absolute atomic E-state index is 12.7. The molecule has 0 aliphatic carbocycles. The van der Waals surface area contributed by atoms with Gasteiger partial charge in [0.25, 0.3) is 5.91 Å². The molecule has 0 fully saturated rings. The Morgan fingerprint density at radius 1 is 1.14 bits per heavy atom. The first-order valence-electron chi connectivity index (χ1n) is 8.81. The van der Waals surface area contributed by atoms with E-state index in [1.54, 1.807) is 7.11 Å². The van der Waals surface area contributed by atoms with Crippen molar-refractivity contribution in [3.05, 3.63) is 75.6 Å². The summed E-state index contributed by atoms with van der Waals surface area (Å²) in [7, 11) is 1.59. The molecule has 2 aromatic carbocycles. The van der Waals surface area contributed by atoms with E-state index in [0.717, 1.165) is 27.7 Å². The number of hydrogen-bond acceptors (Lipinski definition) is 4. The number of aryl methyl sites for hydroxylation is 1. The molecule has 6 heteroatoms. The van der Waals surface area contributed by atoms with Crippen LogP contribution in [-0.4, -0.2) is 23.2 Å². The zero-order valence-corrected chi connectivity index (χ0v) is 16.3. The Kier molecular flexibility index (Phi) is 4.95. The molecule has 0 atom stereocenters. The number of aromatic amines is 1. The summed E-state index contributed by atoms with van der Waals surface area (Å²) < 4.78 is 5.47. The van der Waals surface area contributed by atoms with E-state index in [1.165, 1.54) is 11.3 Å². The van der Waals surface area contributed by atoms with Crippen LogP contribution in [0.25, 0.3) is 23.1 Å². The Hall–Kier alpha value is -3.38. The van der Waals surface area contributed by atoms with Crippen molar-refractivity contribution < 1.29 is 9.53 Å². The molecule has 0 spiro atoms. The van der Waals surface area contributed by atoms with Gasteiger partial charge in [-0.1, -0.05) is 36.4 Å². The van der Waals surface area contributed by atoms with Gasteiger partial charge in [0.2, 0.25) is 0 Å². The van der Waals surface area contributed by atoms with E-state index in [1.807, 2.05) is 73.0 Å². The van der Waals surface area contributed by atoms with Gasteiger partial charge in [0.15, 0.2) is 0 Å². The van der Waals surface area contributed by atoms with E-state index in [0.29, 0.717) is 16.3 Å². The number of aromatic nitrogens is 2. The number of ether oxygens (including phenoxy) is 1. The Morgan fingerprint density at radius 3 is 2.79 bits per heavy atom. The molecule has 0 aliphatic heterocycles. The topological polar surface area (TPSA) is 67.0 Å². The molecule has 4 aromatic rings. The van der Waals surface area contributed by atoms with Gasteiger partial charge in [-0.3, -0.25) is 9.89 Å². The van der Waals surface area contributed by atoms with Crippen LogP contribution in [0.5, 0.6) is 5.75 Å². The molecule has 1 amide bonds. The monoisotopic (exact) mass is 389 g/mol. The van der Waals surface area contributed by atoms with Crippen LogP contribution in [-0.2, 0) is 0 Å². The fourth-order valence-corrected chi connectivity index (χ4v) is 3.87. The molecule has 0 radical (unpaired) electrons. The predicted octanol–water partition coefficient (Wildman–Crippen LogP) is 5.36. The number of H-pyrrole nitrogens is 1. The second-order valence-electron chi connectivity index (χ2n) is 6.30. The zero-order chi connectivity index (χ0) is 19.5. The molecular formula is C22H19N3O2S. The van der Waals surface area contributed by atoms with E-state index in [2.05, 4.69) is 15.5 Å². The van der Waals surface area contributed by atoms with E-state index in [4.69, 9.17) is 4.74 Å². The first-order valence-corrected chi connectivity index (χ1v) is 9.69. The number of anilines is 1. The highest BCUT2D eigenvalue weighted by Gasteiger charge is 2.15. The lowest BCUT2D eigenvalue weighted by atomic mass is 10.1. The summed E-state index contributed by atoms with van der Waals surface area (Å²) in [6.07, 6.45) is 3.86. The lowest BCUT2D eigenvalue weighted by molar-refractivity contribution is 0.102. The molecule has 4 rings (SSSR count). The Bertz CT molecular complexity index is 1170. The van der Waals surface area contributed by atoms with Gasteiger partial charge in [0, 0.05) is 10.9 Å². The predicted molar refractivity (Wildman–Crippen MR) is 115 cm³/mol. The standard InChI is InChI=1S/C22H19N3O2S/c1-14-12-13-28-21(14)22(26)23-20-15(6-5-9-19(20)27-2)10-11-18-16-7-3-4-8-17(16)24-25-18/h3-13H,1-2H3,(H,23,26)(H,24,25)/b11-10+. The summed E-state index contributed by atoms with van der Waals surface area (Å²) in [5.74, 6) is 0.466. The molecule has 2 N–H and O–H groups in total. The molecular weight excluding hydrogens is 370 g/mol. The van der Waals surface area contributed by atoms with Crippen LogP contribution in [0, 0.1) is 6.92 Å². The third-order valence-electron chi connectivity index (χ3n) is 4.51. The summed E-state index contributed by atoms with van der Waals surface area (Å²) in [6, 6.07) is 15.6. The molecule has 0 saturated carbocycles. The van der Waals surface area contributed by atoms with Gasteiger partial charge in [-0.15, -0.1) is 11.3 Å². The van der Waals surface area contributed by atoms with Gasteiger partial charge in [0.05, 0.1) is 28.9 Å². The normalized spacial score (nSPS) is 11.2. The number of nitrogens with one attached hydrogen (secondary N) is 2. The van der Waals surface area contributed by atoms with E-state index < -0.39 is 0 Å². The number of rotatable bonds is 5. The van der Waals surface area contributed by atoms with E-state index >= 15 is 0 Å². The van der Waals surface area contributed by atoms with Crippen molar-refractivity contribution in [2.75, 3.05) is 12.4 Å². The maximum atomic E-state index is 12.7. The number of hydrogen-bond donors (Lipinski definition) is 2. The molecule has 0 bridgehead atoms. The minimum Gasteiger partial charge on any atom is -0.495 e. The SMILES string of the molecule is COc1cccc(/C=C/c2n[nH]c3ccccc23)c1NC(=O)c1sccc1C. The number of carbonyl (C=O) groups excluding carboxylic acids is 1. The van der Waals surface area contributed by atoms with Crippen LogP contribution in [0.3, 0.4) is 0 Å². The highest BCUT2D eigenvalue weighted by atomic mass is 32.1. The molecule has 0 aliphatic rings. The highest BCUT2D eigenvalue weighted by molar-refractivity contribution is 7.12. The second-order valence-corrected chi connectivity index (χ2v) is 7.22. The molecule has 2 aromatic heterocycles. The lowest BCUT2D eigenvalue weighted by Crippen LogP contribution is -2.13. The number of amides is 1. The molecule has 5 nitrogen and oxygen atoms in total. The van der Waals surface area contributed by atoms with Gasteiger partial charge in [-0.05, 0) is 42.1 Å². The summed E-state index contributed by atoms with van der Waals surface area (Å²) >= 11 is 1.42. The van der Waals surface area contributed by atoms with Crippen LogP contribution in [0.15, 0.2) is 53.9 Å². The molecule has 28 heavy (non-hydrogen) atoms. The molecule has 140 valence electrons. The van der Waals surface area contributed by atoms with Crippen molar-refractivity contribution in [1.29, 1.82) is 0 Å². The van der Waals surface area contributed by atoms with Gasteiger partial charge >= 0.3 is 0 Å². The number of fused-ring (bicyclic) bond motifs is 1. The smallest absolute Gasteiger partial charge is 0.266 e. The van der Waals surface area contributed by atoms with Crippen molar-refractivity contribution in [2.45, 2.75) is 6.92 Å². The highest BCUT2D eigenvalue weighted by Crippen LogP contribution is 2.31. The van der Waals surface area contributed by atoms with Crippen molar-refractivity contribution in [3.63, 3.8) is 0 Å². The van der Waals surface area contributed by atoms with Gasteiger partial charge < -0.3 is 10.1 Å². The zero-order valence-electron chi connectivity index (χ0n) is 15.5. The quantitative estimate of drug-likeness (QED) is 0.483. The fourth-order valence-electron chi connectivity index (χ4n) is 3.05. The number of carbonyl (C=O) groups is 1. The van der Waals surface area contributed by atoms with Gasteiger partial charge in [-0.25, -0.2) is 0 Å². The Labute approximate surface area is 166 Å². The first kappa shape index (κ1) is 18.0. The van der Waals surface area contributed by atoms with Gasteiger partial charge in [0.1, 0.15) is 5.75 Å². The van der Waals surface area contributed by atoms with Crippen LogP contribution in [0.1, 0.15) is 26.5 Å². The van der Waals surface area contributed by atoms with Crippen LogP contribution < -0.4 is 10.1 Å². The first-order chi connectivity index (χ1) is 13.7. The van der Waals surface area contributed by atoms with Crippen LogP contribution in [0.2, 0.25) is 0 Å². The third kappa shape index (κ3) is 3.42. The van der Waals surface area contributed by atoms with E-state index in [9.17, 15) is 4.79 Å². The average molecular weight is 389 g/mol. The summed E-state index contributed by atoms with van der Waals surface area (Å²) in [6.45, 7) is 1.93. The third-order valence-corrected chi connectivity index (χ3v) is 5.52. The molecule has 2 heterocycles. The van der Waals surface area contributed by atoms with E-state index in [-0.39, 0.29) is 5.91 Å². The Morgan fingerprint density at radius 2 is 2.00 bits per heavy atom. The largest absolute Gasteiger partial charge is 0.495 e. The van der Waals surface area contributed by atoms with Crippen molar-refractivity contribution in [3.8, 4) is 5.75 Å². The number of nitrogens with zero attached hydrogens (tertiary/aromatic N) is 1. The molecule has 0 unspecified atom stereocenters. The van der Waals surface area contributed by atoms with Crippen molar-refractivity contribution in [2.24, 2.45) is 0 Å². The average Bonchev–Trinajstić information content (AvgIpc) is 3.33. The lowest BCUT2D eigenvalue weighted by Gasteiger charge is -2.13. The number of thiophene rings is 1. The fraction of sp³-hybridized carbons (Fsp3) is 0.0909. The van der Waals surface area contributed by atoms with Crippen molar-refractivity contribution >= 4 is 46.0 Å². The second kappa shape index (κ2) is 7.70. The van der Waals surface area contributed by atoms with Crippen molar-refractivity contribution in [1.82, 2.24) is 10.2 Å². The van der Waals surface area contributed by atoms with Crippen LogP contribution in [0.4, 0.5) is 5.69 Å². The minimum atomic E-state index is -0.142.